The Balaban J connectivity index is 1.84. The summed E-state index contributed by atoms with van der Waals surface area (Å²) in [5, 5.41) is 9.29. The Bertz CT molecular complexity index is 569. The van der Waals surface area contributed by atoms with Crippen molar-refractivity contribution in [2.24, 2.45) is 0 Å². The van der Waals surface area contributed by atoms with Crippen molar-refractivity contribution in [1.29, 1.82) is 0 Å². The topological polar surface area (TPSA) is 67.0 Å². The maximum atomic E-state index is 12.9. The number of carbonyl (C=O) groups excluding carboxylic acids is 1. The van der Waals surface area contributed by atoms with Gasteiger partial charge in [-0.1, -0.05) is 13.0 Å². The van der Waals surface area contributed by atoms with Crippen LogP contribution in [-0.4, -0.2) is 22.7 Å². The highest BCUT2D eigenvalue weighted by atomic mass is 19.1. The molecular formula is C13H14FN3O2. The summed E-state index contributed by atoms with van der Waals surface area (Å²) in [6.07, 6.45) is 0.808. The summed E-state index contributed by atoms with van der Waals surface area (Å²) in [6, 6.07) is 7.38. The Morgan fingerprint density at radius 1 is 1.47 bits per heavy atom. The highest BCUT2D eigenvalue weighted by Crippen LogP contribution is 2.12. The van der Waals surface area contributed by atoms with Crippen molar-refractivity contribution in [3.05, 3.63) is 41.8 Å². The van der Waals surface area contributed by atoms with Crippen molar-refractivity contribution >= 4 is 11.7 Å². The lowest BCUT2D eigenvalue weighted by atomic mass is 10.3. The maximum Gasteiger partial charge on any atom is 0.263 e. The molecule has 0 bridgehead atoms. The van der Waals surface area contributed by atoms with Gasteiger partial charge in [0, 0.05) is 17.8 Å². The first kappa shape index (κ1) is 13.1. The van der Waals surface area contributed by atoms with E-state index in [1.54, 1.807) is 12.1 Å². The third kappa shape index (κ3) is 3.80. The molecule has 19 heavy (non-hydrogen) atoms. The molecule has 1 aromatic carbocycles. The summed E-state index contributed by atoms with van der Waals surface area (Å²) in [5.74, 6) is 0.00679. The summed E-state index contributed by atoms with van der Waals surface area (Å²) in [6.45, 7) is 1.78. The normalized spacial score (nSPS) is 10.2. The van der Waals surface area contributed by atoms with Gasteiger partial charge in [0.2, 0.25) is 0 Å². The predicted molar refractivity (Wildman–Crippen MR) is 68.5 cm³/mol. The van der Waals surface area contributed by atoms with Crippen LogP contribution in [-0.2, 0) is 11.2 Å². The Morgan fingerprint density at radius 3 is 3.00 bits per heavy atom. The summed E-state index contributed by atoms with van der Waals surface area (Å²) in [5.41, 5.74) is 0.932. The first-order valence-electron chi connectivity index (χ1n) is 5.90. The molecule has 0 aliphatic heterocycles. The fourth-order valence-electron chi connectivity index (χ4n) is 1.49. The number of amides is 1. The number of carbonyl (C=O) groups is 1. The number of aromatic amines is 1. The average molecular weight is 263 g/mol. The largest absolute Gasteiger partial charge is 0.484 e. The van der Waals surface area contributed by atoms with Crippen molar-refractivity contribution in [3.8, 4) is 5.75 Å². The molecule has 0 fully saturated rings. The Hall–Kier alpha value is -2.37. The molecule has 0 aliphatic carbocycles. The molecule has 2 aromatic rings. The number of H-pyrrole nitrogens is 1. The van der Waals surface area contributed by atoms with Crippen LogP contribution in [0.3, 0.4) is 0 Å². The van der Waals surface area contributed by atoms with E-state index in [0.717, 1.165) is 12.1 Å². The predicted octanol–water partition coefficient (Wildman–Crippen LogP) is 2.13. The quantitative estimate of drug-likeness (QED) is 0.868. The number of ether oxygens (including phenoxy) is 1. The van der Waals surface area contributed by atoms with Crippen LogP contribution in [0, 0.1) is 5.82 Å². The minimum Gasteiger partial charge on any atom is -0.484 e. The van der Waals surface area contributed by atoms with E-state index in [1.807, 2.05) is 6.92 Å². The lowest BCUT2D eigenvalue weighted by molar-refractivity contribution is -0.118. The van der Waals surface area contributed by atoms with E-state index in [9.17, 15) is 9.18 Å². The number of nitrogens with one attached hydrogen (secondary N) is 2. The van der Waals surface area contributed by atoms with Gasteiger partial charge in [-0.15, -0.1) is 0 Å². The Labute approximate surface area is 109 Å². The number of hydrogen-bond acceptors (Lipinski definition) is 3. The van der Waals surface area contributed by atoms with Gasteiger partial charge in [-0.05, 0) is 18.6 Å². The van der Waals surface area contributed by atoms with Gasteiger partial charge in [0.05, 0.1) is 0 Å². The molecule has 0 radical (unpaired) electrons. The van der Waals surface area contributed by atoms with Crippen LogP contribution in [0.15, 0.2) is 30.3 Å². The van der Waals surface area contributed by atoms with Gasteiger partial charge >= 0.3 is 0 Å². The number of anilines is 1. The monoisotopic (exact) mass is 263 g/mol. The van der Waals surface area contributed by atoms with Gasteiger partial charge in [0.1, 0.15) is 11.6 Å². The average Bonchev–Trinajstić information content (AvgIpc) is 2.84. The van der Waals surface area contributed by atoms with E-state index in [0.29, 0.717) is 11.6 Å². The van der Waals surface area contributed by atoms with E-state index in [4.69, 9.17) is 4.74 Å². The number of aromatic nitrogens is 2. The van der Waals surface area contributed by atoms with Gasteiger partial charge in [-0.25, -0.2) is 4.39 Å². The summed E-state index contributed by atoms with van der Waals surface area (Å²) in [4.78, 5) is 11.6. The molecule has 0 aliphatic rings. The number of benzene rings is 1. The second kappa shape index (κ2) is 5.99. The van der Waals surface area contributed by atoms with Crippen LogP contribution < -0.4 is 10.1 Å². The molecule has 0 saturated heterocycles. The first-order valence-corrected chi connectivity index (χ1v) is 5.90. The van der Waals surface area contributed by atoms with Gasteiger partial charge in [0.15, 0.2) is 12.4 Å². The van der Waals surface area contributed by atoms with Gasteiger partial charge in [-0.3, -0.25) is 9.89 Å². The number of aryl methyl sites for hydroxylation is 1. The second-order valence-corrected chi connectivity index (χ2v) is 3.93. The molecule has 5 nitrogen and oxygen atoms in total. The molecule has 2 N–H and O–H groups in total. The fourth-order valence-corrected chi connectivity index (χ4v) is 1.49. The highest BCUT2D eigenvalue weighted by molar-refractivity contribution is 5.90. The van der Waals surface area contributed by atoms with E-state index < -0.39 is 5.82 Å². The second-order valence-electron chi connectivity index (χ2n) is 3.93. The Morgan fingerprint density at radius 2 is 2.32 bits per heavy atom. The molecule has 6 heteroatoms. The van der Waals surface area contributed by atoms with Crippen molar-refractivity contribution in [2.75, 3.05) is 11.9 Å². The molecule has 2 rings (SSSR count). The van der Waals surface area contributed by atoms with Crippen molar-refractivity contribution in [2.45, 2.75) is 13.3 Å². The molecule has 100 valence electrons. The number of rotatable bonds is 5. The summed E-state index contributed by atoms with van der Waals surface area (Å²) in [7, 11) is 0. The minimum atomic E-state index is -0.405. The summed E-state index contributed by atoms with van der Waals surface area (Å²) >= 11 is 0. The molecule has 1 amide bonds. The minimum absolute atomic E-state index is 0.197. The van der Waals surface area contributed by atoms with E-state index >= 15 is 0 Å². The van der Waals surface area contributed by atoms with Crippen LogP contribution >= 0.6 is 0 Å². The molecule has 0 unspecified atom stereocenters. The third-order valence-electron chi connectivity index (χ3n) is 2.45. The van der Waals surface area contributed by atoms with E-state index in [1.165, 1.54) is 18.2 Å². The SMILES string of the molecule is CCc1cc(NC(=O)COc2cccc(F)c2)n[nH]1. The maximum absolute atomic E-state index is 12.9. The van der Waals surface area contributed by atoms with Crippen LogP contribution in [0.1, 0.15) is 12.6 Å². The molecule has 0 spiro atoms. The van der Waals surface area contributed by atoms with Crippen LogP contribution in [0.4, 0.5) is 10.2 Å². The van der Waals surface area contributed by atoms with Crippen molar-refractivity contribution < 1.29 is 13.9 Å². The number of halogens is 1. The van der Waals surface area contributed by atoms with Gasteiger partial charge in [0.25, 0.3) is 5.91 Å². The lowest BCUT2D eigenvalue weighted by Crippen LogP contribution is -2.20. The number of nitrogens with zero attached hydrogens (tertiary/aromatic N) is 1. The highest BCUT2D eigenvalue weighted by Gasteiger charge is 2.06. The smallest absolute Gasteiger partial charge is 0.263 e. The van der Waals surface area contributed by atoms with Gasteiger partial charge < -0.3 is 10.1 Å². The zero-order chi connectivity index (χ0) is 13.7. The van der Waals surface area contributed by atoms with E-state index in [-0.39, 0.29) is 12.5 Å². The van der Waals surface area contributed by atoms with Crippen LogP contribution in [0.5, 0.6) is 5.75 Å². The van der Waals surface area contributed by atoms with Crippen LogP contribution in [0.2, 0.25) is 0 Å². The van der Waals surface area contributed by atoms with Crippen LogP contribution in [0.25, 0.3) is 0 Å². The number of hydrogen-bond donors (Lipinski definition) is 2. The lowest BCUT2D eigenvalue weighted by Gasteiger charge is -2.05. The third-order valence-corrected chi connectivity index (χ3v) is 2.45. The molecule has 1 heterocycles. The first-order chi connectivity index (χ1) is 9.17. The Kier molecular flexibility index (Phi) is 4.12. The fraction of sp³-hybridized carbons (Fsp3) is 0.231. The standard InChI is InChI=1S/C13H14FN3O2/c1-2-10-7-12(17-16-10)15-13(18)8-19-11-5-3-4-9(14)6-11/h3-7H,2,8H2,1H3,(H2,15,16,17,18). The van der Waals surface area contributed by atoms with E-state index in [2.05, 4.69) is 15.5 Å². The zero-order valence-corrected chi connectivity index (χ0v) is 10.4. The van der Waals surface area contributed by atoms with Crippen molar-refractivity contribution in [3.63, 3.8) is 0 Å². The summed E-state index contributed by atoms with van der Waals surface area (Å²) < 4.78 is 18.0. The molecule has 1 aromatic heterocycles. The molecule has 0 saturated carbocycles. The zero-order valence-electron chi connectivity index (χ0n) is 10.4. The molecular weight excluding hydrogens is 249 g/mol. The van der Waals surface area contributed by atoms with Gasteiger partial charge in [-0.2, -0.15) is 5.10 Å². The molecule has 0 atom stereocenters. The van der Waals surface area contributed by atoms with Crippen molar-refractivity contribution in [1.82, 2.24) is 10.2 Å².